The number of halogens is 2. The highest BCUT2D eigenvalue weighted by Gasteiger charge is 2.29. The average molecular weight is 302 g/mol. The summed E-state index contributed by atoms with van der Waals surface area (Å²) in [6.07, 6.45) is 1.63. The first-order valence-corrected chi connectivity index (χ1v) is 6.84. The molecule has 1 aromatic heterocycles. The average Bonchev–Trinajstić information content (AvgIpc) is 2.85. The number of hydrogen-bond acceptors (Lipinski definition) is 4. The van der Waals surface area contributed by atoms with E-state index in [1.54, 1.807) is 0 Å². The van der Waals surface area contributed by atoms with Gasteiger partial charge in [-0.1, -0.05) is 11.8 Å². The Morgan fingerprint density at radius 3 is 2.75 bits per heavy atom. The smallest absolute Gasteiger partial charge is 0.337 e. The van der Waals surface area contributed by atoms with Gasteiger partial charge in [-0.2, -0.15) is 8.78 Å². The van der Waals surface area contributed by atoms with Crippen LogP contribution in [0, 0.1) is 0 Å². The Balaban J connectivity index is 2.00. The molecule has 1 amide bonds. The van der Waals surface area contributed by atoms with Gasteiger partial charge >= 0.3 is 5.97 Å². The number of carbonyl (C=O) groups excluding carboxylic acids is 1. The molecule has 1 aromatic rings. The van der Waals surface area contributed by atoms with Crippen LogP contribution in [0.2, 0.25) is 0 Å². The van der Waals surface area contributed by atoms with Gasteiger partial charge in [0, 0.05) is 24.5 Å². The maximum Gasteiger partial charge on any atom is 0.337 e. The van der Waals surface area contributed by atoms with E-state index in [2.05, 4.69) is 4.98 Å². The zero-order valence-corrected chi connectivity index (χ0v) is 11.1. The van der Waals surface area contributed by atoms with Gasteiger partial charge in [0.05, 0.1) is 5.56 Å². The number of aromatic nitrogens is 1. The summed E-state index contributed by atoms with van der Waals surface area (Å²) in [6.45, 7) is 0.668. The molecule has 0 aliphatic carbocycles. The van der Waals surface area contributed by atoms with E-state index >= 15 is 0 Å². The van der Waals surface area contributed by atoms with Gasteiger partial charge in [-0.05, 0) is 18.6 Å². The molecule has 108 valence electrons. The molecular weight excluding hydrogens is 290 g/mol. The first-order valence-electron chi connectivity index (χ1n) is 5.89. The summed E-state index contributed by atoms with van der Waals surface area (Å²) in [5.74, 6) is -3.92. The molecule has 8 heteroatoms. The van der Waals surface area contributed by atoms with Crippen LogP contribution in [0.25, 0.3) is 0 Å². The molecule has 1 saturated heterocycles. The summed E-state index contributed by atoms with van der Waals surface area (Å²) in [7, 11) is 0. The molecule has 2 heterocycles. The third kappa shape index (κ3) is 3.44. The maximum atomic E-state index is 12.2. The molecule has 0 radical (unpaired) electrons. The summed E-state index contributed by atoms with van der Waals surface area (Å²) >= 11 is 0.559. The van der Waals surface area contributed by atoms with Crippen LogP contribution in [0.15, 0.2) is 18.3 Å². The van der Waals surface area contributed by atoms with Gasteiger partial charge in [-0.15, -0.1) is 0 Å². The second-order valence-electron chi connectivity index (χ2n) is 4.30. The van der Waals surface area contributed by atoms with Crippen molar-refractivity contribution in [1.29, 1.82) is 0 Å². The molecule has 1 fully saturated rings. The molecule has 2 rings (SSSR count). The van der Waals surface area contributed by atoms with Gasteiger partial charge in [0.15, 0.2) is 0 Å². The second kappa shape index (κ2) is 6.17. The molecule has 0 spiro atoms. The van der Waals surface area contributed by atoms with Crippen LogP contribution in [0.1, 0.15) is 27.3 Å². The van der Waals surface area contributed by atoms with Crippen molar-refractivity contribution in [2.45, 2.75) is 17.4 Å². The zero-order chi connectivity index (χ0) is 14.7. The molecule has 5 nitrogen and oxygen atoms in total. The number of carboxylic acid groups (broad SMARTS) is 1. The lowest BCUT2D eigenvalue weighted by atomic mass is 10.2. The van der Waals surface area contributed by atoms with Crippen molar-refractivity contribution in [2.24, 2.45) is 0 Å². The highest BCUT2D eigenvalue weighted by molar-refractivity contribution is 8.00. The first-order chi connectivity index (χ1) is 9.47. The van der Waals surface area contributed by atoms with Crippen LogP contribution in [0.5, 0.6) is 0 Å². The number of nitrogens with zero attached hydrogens (tertiary/aromatic N) is 2. The molecule has 1 N–H and O–H groups in total. The van der Waals surface area contributed by atoms with Crippen LogP contribution in [-0.2, 0) is 0 Å². The Bertz CT molecular complexity index is 510. The fraction of sp³-hybridized carbons (Fsp3) is 0.417. The third-order valence-corrected chi connectivity index (χ3v) is 3.93. The molecular formula is C12H12F2N2O3S. The molecule has 1 unspecified atom stereocenters. The Morgan fingerprint density at radius 2 is 2.20 bits per heavy atom. The summed E-state index contributed by atoms with van der Waals surface area (Å²) in [6, 6.07) is 2.63. The Hall–Kier alpha value is -1.70. The number of thioether (sulfide) groups is 1. The molecule has 0 aromatic carbocycles. The number of hydrogen-bond donors (Lipinski definition) is 1. The van der Waals surface area contributed by atoms with Crippen molar-refractivity contribution >= 4 is 23.6 Å². The van der Waals surface area contributed by atoms with Gasteiger partial charge in [0.25, 0.3) is 11.7 Å². The van der Waals surface area contributed by atoms with Crippen molar-refractivity contribution in [3.63, 3.8) is 0 Å². The van der Waals surface area contributed by atoms with Crippen molar-refractivity contribution in [1.82, 2.24) is 9.88 Å². The molecule has 1 aliphatic heterocycles. The topological polar surface area (TPSA) is 70.5 Å². The number of rotatable bonds is 4. The summed E-state index contributed by atoms with van der Waals surface area (Å²) in [5.41, 5.74) is 0.117. The number of likely N-dealkylation sites (tertiary alicyclic amines) is 1. The van der Waals surface area contributed by atoms with Crippen molar-refractivity contribution < 1.29 is 23.5 Å². The van der Waals surface area contributed by atoms with E-state index in [0.717, 1.165) is 6.20 Å². The van der Waals surface area contributed by atoms with Gasteiger partial charge < -0.3 is 10.0 Å². The largest absolute Gasteiger partial charge is 0.478 e. The standard InChI is InChI=1S/C12H12F2N2O3S/c13-12(14)20-8-3-4-16(6-8)10(17)9-2-1-7(5-15-9)11(18)19/h1-2,5,8,12H,3-4,6H2,(H,18,19). The number of alkyl halides is 2. The fourth-order valence-corrected chi connectivity index (χ4v) is 2.78. The minimum atomic E-state index is -2.44. The predicted octanol–water partition coefficient (Wildman–Crippen LogP) is 1.95. The quantitative estimate of drug-likeness (QED) is 0.920. The van der Waals surface area contributed by atoms with E-state index < -0.39 is 11.7 Å². The lowest BCUT2D eigenvalue weighted by Gasteiger charge is -2.15. The lowest BCUT2D eigenvalue weighted by molar-refractivity contribution is 0.0694. The van der Waals surface area contributed by atoms with Crippen LogP contribution in [-0.4, -0.2) is 51.0 Å². The summed E-state index contributed by atoms with van der Waals surface area (Å²) in [5, 5.41) is 8.47. The number of pyridine rings is 1. The minimum Gasteiger partial charge on any atom is -0.478 e. The van der Waals surface area contributed by atoms with E-state index in [4.69, 9.17) is 5.11 Å². The summed E-state index contributed by atoms with van der Waals surface area (Å²) in [4.78, 5) is 28.0. The van der Waals surface area contributed by atoms with Crippen molar-refractivity contribution in [3.8, 4) is 0 Å². The van der Waals surface area contributed by atoms with Crippen LogP contribution in [0.4, 0.5) is 8.78 Å². The zero-order valence-electron chi connectivity index (χ0n) is 10.3. The third-order valence-electron chi connectivity index (χ3n) is 2.96. The van der Waals surface area contributed by atoms with Gasteiger partial charge in [0.2, 0.25) is 0 Å². The van der Waals surface area contributed by atoms with E-state index in [9.17, 15) is 18.4 Å². The highest BCUT2D eigenvalue weighted by atomic mass is 32.2. The van der Waals surface area contributed by atoms with Gasteiger partial charge in [-0.3, -0.25) is 9.78 Å². The van der Waals surface area contributed by atoms with E-state index in [1.807, 2.05) is 0 Å². The normalized spacial score (nSPS) is 18.6. The molecule has 0 saturated carbocycles. The second-order valence-corrected chi connectivity index (χ2v) is 5.59. The van der Waals surface area contributed by atoms with Crippen LogP contribution >= 0.6 is 11.8 Å². The maximum absolute atomic E-state index is 12.2. The van der Waals surface area contributed by atoms with Gasteiger partial charge in [-0.25, -0.2) is 4.79 Å². The Kier molecular flexibility index (Phi) is 4.53. The lowest BCUT2D eigenvalue weighted by Crippen LogP contribution is -2.30. The van der Waals surface area contributed by atoms with Crippen LogP contribution < -0.4 is 0 Å². The Morgan fingerprint density at radius 1 is 1.45 bits per heavy atom. The first kappa shape index (κ1) is 14.7. The number of amides is 1. The Labute approximate surface area is 118 Å². The number of carbonyl (C=O) groups is 2. The SMILES string of the molecule is O=C(O)c1ccc(C(=O)N2CCC(SC(F)F)C2)nc1. The number of carboxylic acids is 1. The molecule has 20 heavy (non-hydrogen) atoms. The molecule has 1 aliphatic rings. The van der Waals surface area contributed by atoms with E-state index in [1.165, 1.54) is 17.0 Å². The highest BCUT2D eigenvalue weighted by Crippen LogP contribution is 2.28. The summed E-state index contributed by atoms with van der Waals surface area (Å²) < 4.78 is 24.5. The molecule has 1 atom stereocenters. The fourth-order valence-electron chi connectivity index (χ4n) is 1.98. The van der Waals surface area contributed by atoms with Crippen molar-refractivity contribution in [2.75, 3.05) is 13.1 Å². The van der Waals surface area contributed by atoms with Crippen molar-refractivity contribution in [3.05, 3.63) is 29.6 Å². The molecule has 0 bridgehead atoms. The minimum absolute atomic E-state index is 0.00546. The van der Waals surface area contributed by atoms with E-state index in [0.29, 0.717) is 24.7 Å². The number of aromatic carboxylic acids is 1. The van der Waals surface area contributed by atoms with Gasteiger partial charge in [0.1, 0.15) is 5.69 Å². The predicted molar refractivity (Wildman–Crippen MR) is 69.1 cm³/mol. The van der Waals surface area contributed by atoms with Crippen LogP contribution in [0.3, 0.4) is 0 Å². The monoisotopic (exact) mass is 302 g/mol. The van der Waals surface area contributed by atoms with E-state index in [-0.39, 0.29) is 29.0 Å².